The van der Waals surface area contributed by atoms with Crippen LogP contribution in [0.1, 0.15) is 19.4 Å². The first-order chi connectivity index (χ1) is 5.41. The fourth-order valence-corrected chi connectivity index (χ4v) is 0.887. The second-order valence-electron chi connectivity index (χ2n) is 3.23. The molecule has 0 radical (unpaired) electrons. The van der Waals surface area contributed by atoms with Crippen LogP contribution in [0.2, 0.25) is 0 Å². The van der Waals surface area contributed by atoms with Crippen LogP contribution in [0.3, 0.4) is 0 Å². The first-order valence-electron chi connectivity index (χ1n) is 3.62. The van der Waals surface area contributed by atoms with Crippen molar-refractivity contribution in [3.8, 4) is 5.75 Å². The molecular weight excluding hydrogens is 159 g/mol. The van der Waals surface area contributed by atoms with Crippen LogP contribution in [-0.4, -0.2) is 10.2 Å². The van der Waals surface area contributed by atoms with Gasteiger partial charge < -0.3 is 10.2 Å². The summed E-state index contributed by atoms with van der Waals surface area (Å²) in [7, 11) is 0. The molecule has 0 amide bonds. The number of hydrogen-bond acceptors (Lipinski definition) is 2. The summed E-state index contributed by atoms with van der Waals surface area (Å²) in [5.41, 5.74) is -0.632. The fraction of sp³-hybridized carbons (Fsp3) is 0.333. The zero-order valence-corrected chi connectivity index (χ0v) is 7.00. The summed E-state index contributed by atoms with van der Waals surface area (Å²) in [5.74, 6) is -1.11. The van der Waals surface area contributed by atoms with Crippen molar-refractivity contribution >= 4 is 0 Å². The van der Waals surface area contributed by atoms with E-state index < -0.39 is 17.2 Å². The Kier molecular flexibility index (Phi) is 2.06. The van der Waals surface area contributed by atoms with Crippen LogP contribution >= 0.6 is 0 Å². The number of phenolic OH excluding ortho intramolecular Hbond substituents is 1. The molecule has 0 bridgehead atoms. The summed E-state index contributed by atoms with van der Waals surface area (Å²) in [4.78, 5) is 0. The van der Waals surface area contributed by atoms with Gasteiger partial charge in [0.25, 0.3) is 0 Å². The van der Waals surface area contributed by atoms with Crippen molar-refractivity contribution in [2.45, 2.75) is 19.4 Å². The molecule has 2 N–H and O–H groups in total. The molecular formula is C9H11FO2. The molecule has 0 atom stereocenters. The van der Waals surface area contributed by atoms with Gasteiger partial charge in [0.1, 0.15) is 0 Å². The lowest BCUT2D eigenvalue weighted by molar-refractivity contribution is 0.0781. The van der Waals surface area contributed by atoms with E-state index in [0.717, 1.165) is 6.07 Å². The first-order valence-corrected chi connectivity index (χ1v) is 3.62. The molecule has 0 aliphatic rings. The highest BCUT2D eigenvalue weighted by molar-refractivity contribution is 5.30. The zero-order valence-electron chi connectivity index (χ0n) is 7.00. The molecule has 0 aromatic heterocycles. The van der Waals surface area contributed by atoms with E-state index in [4.69, 9.17) is 5.11 Å². The average Bonchev–Trinajstić information content (AvgIpc) is 1.92. The lowest BCUT2D eigenvalue weighted by Gasteiger charge is -2.17. The average molecular weight is 170 g/mol. The third-order valence-corrected chi connectivity index (χ3v) is 1.65. The second kappa shape index (κ2) is 2.75. The quantitative estimate of drug-likeness (QED) is 0.674. The van der Waals surface area contributed by atoms with Gasteiger partial charge >= 0.3 is 0 Å². The van der Waals surface area contributed by atoms with Gasteiger partial charge in [0.05, 0.1) is 5.60 Å². The number of halogens is 1. The smallest absolute Gasteiger partial charge is 0.165 e. The van der Waals surface area contributed by atoms with Crippen LogP contribution < -0.4 is 0 Å². The number of hydrogen-bond donors (Lipinski definition) is 2. The van der Waals surface area contributed by atoms with Gasteiger partial charge in [-0.2, -0.15) is 0 Å². The van der Waals surface area contributed by atoms with Crippen LogP contribution in [0.25, 0.3) is 0 Å². The summed E-state index contributed by atoms with van der Waals surface area (Å²) in [6.45, 7) is 3.11. The Bertz CT molecular complexity index is 289. The zero-order chi connectivity index (χ0) is 9.35. The molecule has 0 aliphatic carbocycles. The molecule has 0 heterocycles. The maximum absolute atomic E-state index is 12.7. The molecule has 0 unspecified atom stereocenters. The van der Waals surface area contributed by atoms with Gasteiger partial charge in [0, 0.05) is 0 Å². The maximum atomic E-state index is 12.7. The summed E-state index contributed by atoms with van der Waals surface area (Å²) in [6.07, 6.45) is 0. The second-order valence-corrected chi connectivity index (χ2v) is 3.23. The number of aromatic hydroxyl groups is 1. The van der Waals surface area contributed by atoms with Crippen LogP contribution in [0.5, 0.6) is 5.75 Å². The van der Waals surface area contributed by atoms with Gasteiger partial charge in [0.2, 0.25) is 0 Å². The molecule has 3 heteroatoms. The molecule has 0 spiro atoms. The minimum absolute atomic E-state index is 0.400. The van der Waals surface area contributed by atoms with Gasteiger partial charge in [-0.3, -0.25) is 0 Å². The molecule has 1 aromatic carbocycles. The Morgan fingerprint density at radius 2 is 1.92 bits per heavy atom. The number of benzene rings is 1. The summed E-state index contributed by atoms with van der Waals surface area (Å²) in [5, 5.41) is 18.3. The number of aliphatic hydroxyl groups is 1. The molecule has 0 saturated heterocycles. The Balaban J connectivity index is 3.14. The van der Waals surface area contributed by atoms with Crippen molar-refractivity contribution in [2.24, 2.45) is 0 Å². The monoisotopic (exact) mass is 170 g/mol. The van der Waals surface area contributed by atoms with Crippen molar-refractivity contribution < 1.29 is 14.6 Å². The fourth-order valence-electron chi connectivity index (χ4n) is 0.887. The topological polar surface area (TPSA) is 40.5 Å². The lowest BCUT2D eigenvalue weighted by atomic mass is 9.98. The van der Waals surface area contributed by atoms with Gasteiger partial charge in [-0.05, 0) is 31.5 Å². The number of rotatable bonds is 1. The number of phenols is 1. The van der Waals surface area contributed by atoms with E-state index in [2.05, 4.69) is 0 Å². The molecule has 0 aliphatic heterocycles. The van der Waals surface area contributed by atoms with Crippen molar-refractivity contribution in [1.29, 1.82) is 0 Å². The van der Waals surface area contributed by atoms with Crippen LogP contribution in [0, 0.1) is 5.82 Å². The molecule has 1 aromatic rings. The summed E-state index contributed by atoms with van der Waals surface area (Å²) < 4.78 is 12.7. The van der Waals surface area contributed by atoms with E-state index in [-0.39, 0.29) is 0 Å². The van der Waals surface area contributed by atoms with Crippen molar-refractivity contribution in [3.05, 3.63) is 29.6 Å². The molecule has 0 fully saturated rings. The Hall–Kier alpha value is -1.09. The third kappa shape index (κ3) is 1.74. The molecule has 66 valence electrons. The van der Waals surface area contributed by atoms with Gasteiger partial charge in [-0.1, -0.05) is 6.07 Å². The minimum Gasteiger partial charge on any atom is -0.505 e. The lowest BCUT2D eigenvalue weighted by Crippen LogP contribution is -2.15. The standard InChI is InChI=1S/C9H11FO2/c1-9(2,12)6-3-4-8(11)7(10)5-6/h3-5,11-12H,1-2H3. The third-order valence-electron chi connectivity index (χ3n) is 1.65. The first kappa shape index (κ1) is 9.00. The molecule has 2 nitrogen and oxygen atoms in total. The van der Waals surface area contributed by atoms with Crippen LogP contribution in [0.4, 0.5) is 4.39 Å². The van der Waals surface area contributed by atoms with E-state index in [0.29, 0.717) is 5.56 Å². The normalized spacial score (nSPS) is 11.7. The predicted octanol–water partition coefficient (Wildman–Crippen LogP) is 1.76. The molecule has 12 heavy (non-hydrogen) atoms. The van der Waals surface area contributed by atoms with E-state index >= 15 is 0 Å². The van der Waals surface area contributed by atoms with Gasteiger partial charge in [-0.15, -0.1) is 0 Å². The van der Waals surface area contributed by atoms with Crippen LogP contribution in [-0.2, 0) is 5.60 Å². The Morgan fingerprint density at radius 1 is 1.33 bits per heavy atom. The van der Waals surface area contributed by atoms with Crippen molar-refractivity contribution in [2.75, 3.05) is 0 Å². The van der Waals surface area contributed by atoms with E-state index in [1.807, 2.05) is 0 Å². The summed E-state index contributed by atoms with van der Waals surface area (Å²) >= 11 is 0. The largest absolute Gasteiger partial charge is 0.505 e. The SMILES string of the molecule is CC(C)(O)c1ccc(O)c(F)c1. The maximum Gasteiger partial charge on any atom is 0.165 e. The van der Waals surface area contributed by atoms with E-state index in [1.165, 1.54) is 12.1 Å². The highest BCUT2D eigenvalue weighted by Gasteiger charge is 2.17. The van der Waals surface area contributed by atoms with Gasteiger partial charge in [-0.25, -0.2) is 4.39 Å². The predicted molar refractivity (Wildman–Crippen MR) is 43.3 cm³/mol. The van der Waals surface area contributed by atoms with E-state index in [9.17, 15) is 9.50 Å². The molecule has 1 rings (SSSR count). The van der Waals surface area contributed by atoms with Gasteiger partial charge in [0.15, 0.2) is 11.6 Å². The highest BCUT2D eigenvalue weighted by Crippen LogP contribution is 2.24. The van der Waals surface area contributed by atoms with Crippen molar-refractivity contribution in [3.63, 3.8) is 0 Å². The Labute approximate surface area is 70.3 Å². The van der Waals surface area contributed by atoms with Crippen LogP contribution in [0.15, 0.2) is 18.2 Å². The Morgan fingerprint density at radius 3 is 2.33 bits per heavy atom. The minimum atomic E-state index is -1.07. The molecule has 0 saturated carbocycles. The summed E-state index contributed by atoms with van der Waals surface area (Å²) in [6, 6.07) is 3.83. The van der Waals surface area contributed by atoms with E-state index in [1.54, 1.807) is 13.8 Å². The highest BCUT2D eigenvalue weighted by atomic mass is 19.1. The van der Waals surface area contributed by atoms with Crippen molar-refractivity contribution in [1.82, 2.24) is 0 Å².